The molecule has 3 heterocycles. The van der Waals surface area contributed by atoms with Gasteiger partial charge in [0.15, 0.2) is 0 Å². The van der Waals surface area contributed by atoms with Gasteiger partial charge in [0.05, 0.1) is 50.2 Å². The molecule has 2 fully saturated rings. The standard InChI is InChI=1S/C19H20FN3O4/c20-17-10-14(3-4-18(17)22-5-8-25-9-6-22)23-13-16(27-19(23)24)12-21-11-15-2-1-7-26-15/h1-4,7,10-11,16H,5-6,8-9,12-13H2/t16-/m0/s1. The third-order valence-electron chi connectivity index (χ3n) is 4.54. The molecule has 0 bridgehead atoms. The maximum Gasteiger partial charge on any atom is 0.414 e. The van der Waals surface area contributed by atoms with E-state index in [-0.39, 0.29) is 11.9 Å². The minimum absolute atomic E-state index is 0.317. The zero-order valence-corrected chi connectivity index (χ0v) is 14.7. The lowest BCUT2D eigenvalue weighted by molar-refractivity contribution is 0.122. The van der Waals surface area contributed by atoms with Crippen LogP contribution in [-0.2, 0) is 9.47 Å². The van der Waals surface area contributed by atoms with Crippen LogP contribution in [0.1, 0.15) is 5.76 Å². The number of anilines is 2. The van der Waals surface area contributed by atoms with Crippen molar-refractivity contribution < 1.29 is 23.1 Å². The fourth-order valence-corrected chi connectivity index (χ4v) is 3.18. The van der Waals surface area contributed by atoms with Crippen LogP contribution >= 0.6 is 0 Å². The van der Waals surface area contributed by atoms with Gasteiger partial charge < -0.3 is 18.8 Å². The molecule has 1 amide bonds. The number of rotatable bonds is 5. The van der Waals surface area contributed by atoms with Crippen molar-refractivity contribution in [1.82, 2.24) is 0 Å². The van der Waals surface area contributed by atoms with E-state index in [1.165, 1.54) is 11.0 Å². The summed E-state index contributed by atoms with van der Waals surface area (Å²) < 4.78 is 30.4. The average molecular weight is 373 g/mol. The van der Waals surface area contributed by atoms with Crippen LogP contribution in [-0.4, -0.2) is 57.8 Å². The smallest absolute Gasteiger partial charge is 0.414 e. The lowest BCUT2D eigenvalue weighted by Crippen LogP contribution is -2.36. The molecular weight excluding hydrogens is 353 g/mol. The van der Waals surface area contributed by atoms with Crippen molar-refractivity contribution in [2.45, 2.75) is 6.10 Å². The van der Waals surface area contributed by atoms with Gasteiger partial charge in [-0.1, -0.05) is 0 Å². The number of nitrogens with zero attached hydrogens (tertiary/aromatic N) is 3. The van der Waals surface area contributed by atoms with E-state index in [4.69, 9.17) is 13.9 Å². The first-order valence-electron chi connectivity index (χ1n) is 8.84. The maximum absolute atomic E-state index is 14.6. The molecule has 1 aromatic carbocycles. The molecule has 2 saturated heterocycles. The molecule has 2 aliphatic heterocycles. The number of carbonyl (C=O) groups excluding carboxylic acids is 1. The second kappa shape index (κ2) is 7.79. The fourth-order valence-electron chi connectivity index (χ4n) is 3.18. The number of benzene rings is 1. The number of carbonyl (C=O) groups is 1. The summed E-state index contributed by atoms with van der Waals surface area (Å²) in [5.41, 5.74) is 1.00. The minimum atomic E-state index is -0.494. The Labute approximate surface area is 156 Å². The summed E-state index contributed by atoms with van der Waals surface area (Å²) in [6.07, 6.45) is 2.28. The number of amides is 1. The Kier molecular flexibility index (Phi) is 5.06. The summed E-state index contributed by atoms with van der Waals surface area (Å²) in [6.45, 7) is 3.11. The maximum atomic E-state index is 14.6. The number of aliphatic imine (C=N–C) groups is 1. The summed E-state index contributed by atoms with van der Waals surface area (Å²) in [5.74, 6) is 0.276. The summed E-state index contributed by atoms with van der Waals surface area (Å²) in [5, 5.41) is 0. The van der Waals surface area contributed by atoms with E-state index in [1.807, 2.05) is 4.90 Å². The van der Waals surface area contributed by atoms with Crippen LogP contribution < -0.4 is 9.80 Å². The number of hydrogen-bond acceptors (Lipinski definition) is 6. The Morgan fingerprint density at radius 3 is 2.85 bits per heavy atom. The third-order valence-corrected chi connectivity index (χ3v) is 4.54. The van der Waals surface area contributed by atoms with Crippen LogP contribution in [0.3, 0.4) is 0 Å². The molecule has 0 saturated carbocycles. The molecule has 0 radical (unpaired) electrons. The number of furan rings is 1. The van der Waals surface area contributed by atoms with Crippen molar-refractivity contribution in [2.24, 2.45) is 4.99 Å². The largest absolute Gasteiger partial charge is 0.463 e. The number of cyclic esters (lactones) is 1. The van der Waals surface area contributed by atoms with Gasteiger partial charge in [-0.05, 0) is 30.3 Å². The minimum Gasteiger partial charge on any atom is -0.463 e. The van der Waals surface area contributed by atoms with Crippen molar-refractivity contribution in [3.05, 3.63) is 48.2 Å². The van der Waals surface area contributed by atoms with Gasteiger partial charge in [-0.3, -0.25) is 9.89 Å². The van der Waals surface area contributed by atoms with E-state index in [0.29, 0.717) is 56.5 Å². The molecular formula is C19H20FN3O4. The Morgan fingerprint density at radius 2 is 2.11 bits per heavy atom. The average Bonchev–Trinajstić information content (AvgIpc) is 3.32. The second-order valence-electron chi connectivity index (χ2n) is 6.36. The van der Waals surface area contributed by atoms with Crippen LogP contribution in [0.15, 0.2) is 46.0 Å². The molecule has 1 aromatic heterocycles. The SMILES string of the molecule is O=C1O[C@@H](CN=Cc2ccco2)CN1c1ccc(N2CCOCC2)c(F)c1. The summed E-state index contributed by atoms with van der Waals surface area (Å²) in [4.78, 5) is 19.8. The van der Waals surface area contributed by atoms with E-state index in [0.717, 1.165) is 0 Å². The molecule has 0 unspecified atom stereocenters. The summed E-state index contributed by atoms with van der Waals surface area (Å²) in [6, 6.07) is 8.37. The first-order chi connectivity index (χ1) is 13.2. The van der Waals surface area contributed by atoms with Crippen molar-refractivity contribution in [3.8, 4) is 0 Å². The molecule has 7 nitrogen and oxygen atoms in total. The first kappa shape index (κ1) is 17.5. The number of hydrogen-bond donors (Lipinski definition) is 0. The van der Waals surface area contributed by atoms with Crippen molar-refractivity contribution >= 4 is 23.7 Å². The molecule has 27 heavy (non-hydrogen) atoms. The van der Waals surface area contributed by atoms with E-state index in [9.17, 15) is 9.18 Å². The van der Waals surface area contributed by atoms with Gasteiger partial charge in [-0.25, -0.2) is 9.18 Å². The highest BCUT2D eigenvalue weighted by Crippen LogP contribution is 2.28. The van der Waals surface area contributed by atoms with E-state index in [1.54, 1.807) is 36.7 Å². The van der Waals surface area contributed by atoms with Crippen LogP contribution in [0.2, 0.25) is 0 Å². The molecule has 0 N–H and O–H groups in total. The lowest BCUT2D eigenvalue weighted by Gasteiger charge is -2.29. The third kappa shape index (κ3) is 3.95. The Bertz CT molecular complexity index is 818. The molecule has 1 atom stereocenters. The Morgan fingerprint density at radius 1 is 1.26 bits per heavy atom. The molecule has 2 aromatic rings. The lowest BCUT2D eigenvalue weighted by atomic mass is 10.2. The van der Waals surface area contributed by atoms with Crippen LogP contribution in [0.25, 0.3) is 0 Å². The predicted octanol–water partition coefficient (Wildman–Crippen LogP) is 2.70. The van der Waals surface area contributed by atoms with Gasteiger partial charge in [0, 0.05) is 13.1 Å². The second-order valence-corrected chi connectivity index (χ2v) is 6.36. The van der Waals surface area contributed by atoms with Crippen LogP contribution in [0, 0.1) is 5.82 Å². The topological polar surface area (TPSA) is 67.5 Å². The first-order valence-corrected chi connectivity index (χ1v) is 8.84. The van der Waals surface area contributed by atoms with E-state index < -0.39 is 6.09 Å². The van der Waals surface area contributed by atoms with Crippen LogP contribution in [0.4, 0.5) is 20.6 Å². The normalized spacial score (nSPS) is 20.5. The Balaban J connectivity index is 1.40. The van der Waals surface area contributed by atoms with Gasteiger partial charge in [-0.2, -0.15) is 0 Å². The highest BCUT2D eigenvalue weighted by Gasteiger charge is 2.32. The van der Waals surface area contributed by atoms with Gasteiger partial charge in [-0.15, -0.1) is 0 Å². The van der Waals surface area contributed by atoms with Gasteiger partial charge in [0.2, 0.25) is 0 Å². The summed E-state index contributed by atoms with van der Waals surface area (Å²) in [7, 11) is 0. The fraction of sp³-hybridized carbons (Fsp3) is 0.368. The number of halogens is 1. The predicted molar refractivity (Wildman–Crippen MR) is 98.2 cm³/mol. The molecule has 8 heteroatoms. The summed E-state index contributed by atoms with van der Waals surface area (Å²) >= 11 is 0. The van der Waals surface area contributed by atoms with E-state index >= 15 is 0 Å². The zero-order chi connectivity index (χ0) is 18.6. The van der Waals surface area contributed by atoms with Crippen molar-refractivity contribution in [3.63, 3.8) is 0 Å². The number of morpholine rings is 1. The molecule has 0 spiro atoms. The Hall–Kier alpha value is -2.87. The molecule has 142 valence electrons. The van der Waals surface area contributed by atoms with E-state index in [2.05, 4.69) is 4.99 Å². The van der Waals surface area contributed by atoms with Gasteiger partial charge in [0.25, 0.3) is 0 Å². The zero-order valence-electron chi connectivity index (χ0n) is 14.7. The molecule has 2 aliphatic rings. The highest BCUT2D eigenvalue weighted by atomic mass is 19.1. The highest BCUT2D eigenvalue weighted by molar-refractivity contribution is 5.90. The van der Waals surface area contributed by atoms with Crippen molar-refractivity contribution in [1.29, 1.82) is 0 Å². The van der Waals surface area contributed by atoms with Gasteiger partial charge in [0.1, 0.15) is 17.7 Å². The van der Waals surface area contributed by atoms with Gasteiger partial charge >= 0.3 is 6.09 Å². The van der Waals surface area contributed by atoms with Crippen molar-refractivity contribution in [2.75, 3.05) is 49.2 Å². The quantitative estimate of drug-likeness (QED) is 0.754. The molecule has 4 rings (SSSR count). The number of ether oxygens (including phenoxy) is 2. The molecule has 0 aliphatic carbocycles. The monoisotopic (exact) mass is 373 g/mol. The van der Waals surface area contributed by atoms with Crippen LogP contribution in [0.5, 0.6) is 0 Å².